The number of ether oxygens (including phenoxy) is 1. The summed E-state index contributed by atoms with van der Waals surface area (Å²) in [7, 11) is 0. The molecule has 2 fully saturated rings. The maximum absolute atomic E-state index is 12.8. The normalized spacial score (nSPS) is 28.8. The first-order valence-corrected chi connectivity index (χ1v) is 8.50. The van der Waals surface area contributed by atoms with E-state index < -0.39 is 6.10 Å². The van der Waals surface area contributed by atoms with Crippen LogP contribution in [0.5, 0.6) is 0 Å². The molecule has 7 nitrogen and oxygen atoms in total. The molecule has 1 aliphatic carbocycles. The minimum atomic E-state index is -0.514. The summed E-state index contributed by atoms with van der Waals surface area (Å²) in [6.07, 6.45) is 3.39. The van der Waals surface area contributed by atoms with Crippen molar-refractivity contribution in [1.29, 1.82) is 0 Å². The van der Waals surface area contributed by atoms with Gasteiger partial charge >= 0.3 is 0 Å². The Morgan fingerprint density at radius 1 is 1.17 bits per heavy atom. The smallest absolute Gasteiger partial charge is 0.276 e. The van der Waals surface area contributed by atoms with Crippen molar-refractivity contribution in [3.63, 3.8) is 0 Å². The Morgan fingerprint density at radius 3 is 2.78 bits per heavy atom. The lowest BCUT2D eigenvalue weighted by atomic mass is 9.96. The summed E-state index contributed by atoms with van der Waals surface area (Å²) in [5.74, 6) is 0.760. The summed E-state index contributed by atoms with van der Waals surface area (Å²) in [4.78, 5) is 16.7. The van der Waals surface area contributed by atoms with Crippen LogP contribution >= 0.6 is 0 Å². The Bertz CT molecular complexity index is 582. The molecule has 3 heterocycles. The number of carbonyl (C=O) groups excluding carboxylic acids is 1. The highest BCUT2D eigenvalue weighted by atomic mass is 16.5. The van der Waals surface area contributed by atoms with E-state index in [-0.39, 0.29) is 11.9 Å². The number of aliphatic hydroxyl groups is 1. The number of morpholine rings is 1. The van der Waals surface area contributed by atoms with Crippen molar-refractivity contribution in [2.45, 2.75) is 37.8 Å². The summed E-state index contributed by atoms with van der Waals surface area (Å²) >= 11 is 0. The van der Waals surface area contributed by atoms with E-state index in [4.69, 9.17) is 9.26 Å². The number of aryl methyl sites for hydroxylation is 1. The fraction of sp³-hybridized carbons (Fsp3) is 0.750. The van der Waals surface area contributed by atoms with Gasteiger partial charge in [0.1, 0.15) is 5.76 Å². The number of amides is 1. The van der Waals surface area contributed by atoms with Gasteiger partial charge < -0.3 is 19.3 Å². The number of nitrogens with zero attached hydrogens (tertiary/aromatic N) is 3. The molecule has 0 unspecified atom stereocenters. The molecule has 7 heteroatoms. The predicted octanol–water partition coefficient (Wildman–Crippen LogP) is 0.0709. The van der Waals surface area contributed by atoms with Crippen LogP contribution in [0.3, 0.4) is 0 Å². The second-order valence-corrected chi connectivity index (χ2v) is 6.63. The average Bonchev–Trinajstić information content (AvgIpc) is 3.19. The third kappa shape index (κ3) is 2.77. The highest BCUT2D eigenvalue weighted by molar-refractivity contribution is 5.94. The fourth-order valence-electron chi connectivity index (χ4n) is 3.91. The molecule has 2 atom stereocenters. The molecule has 1 aromatic heterocycles. The molecule has 23 heavy (non-hydrogen) atoms. The molecule has 1 aromatic rings. The number of aliphatic hydroxyl groups excluding tert-OH is 1. The molecule has 2 aliphatic heterocycles. The van der Waals surface area contributed by atoms with E-state index in [1.165, 1.54) is 0 Å². The molecule has 126 valence electrons. The summed E-state index contributed by atoms with van der Waals surface area (Å²) in [6, 6.07) is -0.00872. The first-order valence-electron chi connectivity index (χ1n) is 8.50. The zero-order chi connectivity index (χ0) is 15.8. The maximum atomic E-state index is 12.8. The first kappa shape index (κ1) is 15.1. The quantitative estimate of drug-likeness (QED) is 0.830. The van der Waals surface area contributed by atoms with Gasteiger partial charge in [0.05, 0.1) is 25.4 Å². The van der Waals surface area contributed by atoms with E-state index in [0.717, 1.165) is 50.1 Å². The number of hydrogen-bond acceptors (Lipinski definition) is 6. The van der Waals surface area contributed by atoms with Gasteiger partial charge in [-0.1, -0.05) is 5.16 Å². The van der Waals surface area contributed by atoms with Gasteiger partial charge in [-0.15, -0.1) is 0 Å². The average molecular weight is 321 g/mol. The van der Waals surface area contributed by atoms with Gasteiger partial charge in [-0.05, 0) is 19.3 Å². The monoisotopic (exact) mass is 321 g/mol. The summed E-state index contributed by atoms with van der Waals surface area (Å²) < 4.78 is 10.7. The van der Waals surface area contributed by atoms with E-state index in [1.54, 1.807) is 4.90 Å². The lowest BCUT2D eigenvalue weighted by molar-refractivity contribution is -0.00611. The van der Waals surface area contributed by atoms with Crippen molar-refractivity contribution in [2.24, 2.45) is 0 Å². The van der Waals surface area contributed by atoms with Crippen LogP contribution in [-0.2, 0) is 17.6 Å². The van der Waals surface area contributed by atoms with Gasteiger partial charge in [0, 0.05) is 38.2 Å². The number of rotatable bonds is 2. The van der Waals surface area contributed by atoms with Crippen LogP contribution in [0, 0.1) is 0 Å². The summed E-state index contributed by atoms with van der Waals surface area (Å²) in [5, 5.41) is 14.4. The van der Waals surface area contributed by atoms with Crippen LogP contribution in [-0.4, -0.2) is 77.5 Å². The molecular formula is C16H23N3O4. The Morgan fingerprint density at radius 2 is 1.96 bits per heavy atom. The maximum Gasteiger partial charge on any atom is 0.276 e. The van der Waals surface area contributed by atoms with Crippen molar-refractivity contribution >= 4 is 5.91 Å². The van der Waals surface area contributed by atoms with Gasteiger partial charge in [0.15, 0.2) is 5.69 Å². The summed E-state index contributed by atoms with van der Waals surface area (Å²) in [5.41, 5.74) is 1.43. The molecule has 1 N–H and O–H groups in total. The van der Waals surface area contributed by atoms with E-state index >= 15 is 0 Å². The Labute approximate surface area is 135 Å². The van der Waals surface area contributed by atoms with E-state index in [0.29, 0.717) is 32.0 Å². The molecule has 4 rings (SSSR count). The molecule has 1 amide bonds. The zero-order valence-electron chi connectivity index (χ0n) is 13.2. The number of β-amino-alcohol motifs (C(OH)–C–C–N with tert-alkyl or cyclic N) is 1. The first-order chi connectivity index (χ1) is 11.2. The Balaban J connectivity index is 1.48. The molecule has 3 aliphatic rings. The number of hydrogen-bond donors (Lipinski definition) is 1. The van der Waals surface area contributed by atoms with Gasteiger partial charge in [0.2, 0.25) is 0 Å². The lowest BCUT2D eigenvalue weighted by Gasteiger charge is -2.33. The minimum absolute atomic E-state index is 0.00872. The highest BCUT2D eigenvalue weighted by Gasteiger charge is 2.40. The minimum Gasteiger partial charge on any atom is -0.390 e. The highest BCUT2D eigenvalue weighted by Crippen LogP contribution is 2.27. The SMILES string of the molecule is O=C(c1noc2c1CCCC2)N1C[C@@H](O)[C@H](N2CCOCC2)C1. The largest absolute Gasteiger partial charge is 0.390 e. The van der Waals surface area contributed by atoms with E-state index in [1.807, 2.05) is 0 Å². The standard InChI is InChI=1S/C16H23N3O4/c20-13-10-19(9-12(13)18-5-7-22-8-6-18)16(21)15-11-3-1-2-4-14(11)23-17-15/h12-13,20H,1-10H2/t12-,13-/m1/s1. The molecule has 0 radical (unpaired) electrons. The molecular weight excluding hydrogens is 298 g/mol. The molecule has 0 spiro atoms. The van der Waals surface area contributed by atoms with Gasteiger partial charge in [-0.2, -0.15) is 0 Å². The fourth-order valence-corrected chi connectivity index (χ4v) is 3.91. The number of aromatic nitrogens is 1. The molecule has 0 saturated carbocycles. The summed E-state index contributed by atoms with van der Waals surface area (Å²) in [6.45, 7) is 3.90. The molecule has 0 aromatic carbocycles. The van der Waals surface area contributed by atoms with Crippen molar-refractivity contribution in [1.82, 2.24) is 15.0 Å². The van der Waals surface area contributed by atoms with E-state index in [2.05, 4.69) is 10.1 Å². The van der Waals surface area contributed by atoms with Gasteiger partial charge in [-0.25, -0.2) is 0 Å². The second-order valence-electron chi connectivity index (χ2n) is 6.63. The van der Waals surface area contributed by atoms with Crippen molar-refractivity contribution in [2.75, 3.05) is 39.4 Å². The molecule has 0 bridgehead atoms. The zero-order valence-corrected chi connectivity index (χ0v) is 13.2. The van der Waals surface area contributed by atoms with Crippen molar-refractivity contribution < 1.29 is 19.2 Å². The topological polar surface area (TPSA) is 79.0 Å². The van der Waals surface area contributed by atoms with Crippen LogP contribution in [0.4, 0.5) is 0 Å². The van der Waals surface area contributed by atoms with Crippen LogP contribution in [0.25, 0.3) is 0 Å². The van der Waals surface area contributed by atoms with Gasteiger partial charge in [0.25, 0.3) is 5.91 Å². The van der Waals surface area contributed by atoms with Crippen molar-refractivity contribution in [3.8, 4) is 0 Å². The van der Waals surface area contributed by atoms with Crippen LogP contribution in [0.2, 0.25) is 0 Å². The van der Waals surface area contributed by atoms with Crippen LogP contribution in [0.15, 0.2) is 4.52 Å². The van der Waals surface area contributed by atoms with Gasteiger partial charge in [-0.3, -0.25) is 9.69 Å². The number of fused-ring (bicyclic) bond motifs is 1. The Kier molecular flexibility index (Phi) is 4.09. The molecule has 2 saturated heterocycles. The third-order valence-electron chi connectivity index (χ3n) is 5.21. The number of carbonyl (C=O) groups is 1. The predicted molar refractivity (Wildman–Crippen MR) is 81.2 cm³/mol. The van der Waals surface area contributed by atoms with Crippen LogP contribution < -0.4 is 0 Å². The Hall–Kier alpha value is -1.44. The second kappa shape index (κ2) is 6.22. The third-order valence-corrected chi connectivity index (χ3v) is 5.21. The van der Waals surface area contributed by atoms with Crippen molar-refractivity contribution in [3.05, 3.63) is 17.0 Å². The number of likely N-dealkylation sites (tertiary alicyclic amines) is 1. The van der Waals surface area contributed by atoms with E-state index in [9.17, 15) is 9.90 Å². The van der Waals surface area contributed by atoms with Crippen LogP contribution in [0.1, 0.15) is 34.7 Å². The lowest BCUT2D eigenvalue weighted by Crippen LogP contribution is -2.49.